The summed E-state index contributed by atoms with van der Waals surface area (Å²) in [5.41, 5.74) is 3.54. The molecule has 0 unspecified atom stereocenters. The molecule has 0 heterocycles. The highest BCUT2D eigenvalue weighted by atomic mass is 35.5. The fraction of sp³-hybridized carbons (Fsp3) is 0.259. The zero-order valence-corrected chi connectivity index (χ0v) is 22.0. The first-order valence-electron chi connectivity index (χ1n) is 11.0. The van der Waals surface area contributed by atoms with E-state index in [2.05, 4.69) is 26.1 Å². The van der Waals surface area contributed by atoms with Gasteiger partial charge < -0.3 is 5.32 Å². The van der Waals surface area contributed by atoms with Crippen molar-refractivity contribution in [2.24, 2.45) is 0 Å². The van der Waals surface area contributed by atoms with Crippen LogP contribution in [0.3, 0.4) is 0 Å². The van der Waals surface area contributed by atoms with Crippen LogP contribution in [0.25, 0.3) is 0 Å². The quantitative estimate of drug-likeness (QED) is 0.419. The number of amides is 1. The fourth-order valence-corrected chi connectivity index (χ4v) is 4.52. The van der Waals surface area contributed by atoms with E-state index in [1.807, 2.05) is 12.1 Å². The third-order valence-corrected chi connectivity index (χ3v) is 7.10. The molecule has 1 N–H and O–H groups in total. The highest BCUT2D eigenvalue weighted by Gasteiger charge is 2.22. The van der Waals surface area contributed by atoms with E-state index in [0.29, 0.717) is 27.5 Å². The van der Waals surface area contributed by atoms with Gasteiger partial charge in [0.25, 0.3) is 0 Å². The Morgan fingerprint density at radius 3 is 2.17 bits per heavy atom. The van der Waals surface area contributed by atoms with Crippen LogP contribution in [-0.2, 0) is 20.2 Å². The van der Waals surface area contributed by atoms with Crippen molar-refractivity contribution in [1.82, 2.24) is 0 Å². The van der Waals surface area contributed by atoms with Crippen molar-refractivity contribution in [1.29, 1.82) is 0 Å². The summed E-state index contributed by atoms with van der Waals surface area (Å²) < 4.78 is 25.7. The van der Waals surface area contributed by atoms with Crippen molar-refractivity contribution < 1.29 is 18.0 Å². The van der Waals surface area contributed by atoms with Crippen LogP contribution in [0.15, 0.2) is 66.7 Å². The normalized spacial score (nSPS) is 11.7. The second-order valence-electron chi connectivity index (χ2n) is 9.49. The van der Waals surface area contributed by atoms with E-state index >= 15 is 0 Å². The van der Waals surface area contributed by atoms with Gasteiger partial charge in [-0.05, 0) is 47.7 Å². The monoisotopic (exact) mass is 512 g/mol. The lowest BCUT2D eigenvalue weighted by Crippen LogP contribution is -2.37. The van der Waals surface area contributed by atoms with E-state index in [0.717, 1.165) is 21.7 Å². The van der Waals surface area contributed by atoms with Crippen LogP contribution in [0.4, 0.5) is 11.4 Å². The number of carbonyl (C=O) groups is 2. The second kappa shape index (κ2) is 10.2. The molecule has 0 atom stereocenters. The first kappa shape index (κ1) is 26.4. The molecule has 0 saturated carbocycles. The third kappa shape index (κ3) is 6.71. The van der Waals surface area contributed by atoms with E-state index in [1.165, 1.54) is 6.07 Å². The van der Waals surface area contributed by atoms with Gasteiger partial charge in [0.05, 0.1) is 11.9 Å². The molecule has 3 aromatic carbocycles. The molecule has 0 bridgehead atoms. The SMILES string of the molecule is Cc1ccc(N(CC(=O)Nc2cccc(C(=O)c3ccc(C(C)(C)C)cc3)c2)S(C)(=O)=O)cc1Cl. The smallest absolute Gasteiger partial charge is 0.245 e. The first-order chi connectivity index (χ1) is 16.3. The van der Waals surface area contributed by atoms with Gasteiger partial charge in [0, 0.05) is 21.8 Å². The number of hydrogen-bond acceptors (Lipinski definition) is 4. The number of benzene rings is 3. The van der Waals surface area contributed by atoms with Gasteiger partial charge in [0.1, 0.15) is 6.54 Å². The number of nitrogens with one attached hydrogen (secondary N) is 1. The summed E-state index contributed by atoms with van der Waals surface area (Å²) in [6.07, 6.45) is 1.03. The van der Waals surface area contributed by atoms with E-state index in [-0.39, 0.29) is 11.2 Å². The van der Waals surface area contributed by atoms with Crippen molar-refractivity contribution in [3.63, 3.8) is 0 Å². The molecular formula is C27H29ClN2O4S. The van der Waals surface area contributed by atoms with Crippen molar-refractivity contribution in [3.8, 4) is 0 Å². The molecule has 8 heteroatoms. The number of hydrogen-bond donors (Lipinski definition) is 1. The zero-order valence-electron chi connectivity index (χ0n) is 20.4. The van der Waals surface area contributed by atoms with Crippen LogP contribution in [0.2, 0.25) is 5.02 Å². The van der Waals surface area contributed by atoms with Crippen LogP contribution >= 0.6 is 11.6 Å². The summed E-state index contributed by atoms with van der Waals surface area (Å²) in [4.78, 5) is 25.7. The fourth-order valence-electron chi connectivity index (χ4n) is 3.49. The molecule has 0 spiro atoms. The van der Waals surface area contributed by atoms with E-state index in [4.69, 9.17) is 11.6 Å². The Bertz CT molecular complexity index is 1360. The summed E-state index contributed by atoms with van der Waals surface area (Å²) >= 11 is 6.15. The van der Waals surface area contributed by atoms with Crippen LogP contribution in [0.5, 0.6) is 0 Å². The molecule has 0 aliphatic carbocycles. The van der Waals surface area contributed by atoms with Gasteiger partial charge in [-0.25, -0.2) is 8.42 Å². The van der Waals surface area contributed by atoms with Gasteiger partial charge >= 0.3 is 0 Å². The summed E-state index contributed by atoms with van der Waals surface area (Å²) in [7, 11) is -3.75. The molecule has 0 aliphatic heterocycles. The predicted octanol–water partition coefficient (Wildman–Crippen LogP) is 5.58. The summed E-state index contributed by atoms with van der Waals surface area (Å²) in [5, 5.41) is 3.09. The van der Waals surface area contributed by atoms with Gasteiger partial charge in [0.2, 0.25) is 15.9 Å². The average Bonchev–Trinajstić information content (AvgIpc) is 2.78. The highest BCUT2D eigenvalue weighted by molar-refractivity contribution is 7.92. The minimum Gasteiger partial charge on any atom is -0.324 e. The Morgan fingerprint density at radius 2 is 1.60 bits per heavy atom. The van der Waals surface area contributed by atoms with E-state index < -0.39 is 22.5 Å². The molecule has 1 amide bonds. The predicted molar refractivity (Wildman–Crippen MR) is 142 cm³/mol. The number of nitrogens with zero attached hydrogens (tertiary/aromatic N) is 1. The van der Waals surface area contributed by atoms with Crippen LogP contribution in [0, 0.1) is 6.92 Å². The van der Waals surface area contributed by atoms with Crippen LogP contribution in [-0.4, -0.2) is 32.9 Å². The van der Waals surface area contributed by atoms with Gasteiger partial charge in [-0.15, -0.1) is 0 Å². The number of rotatable bonds is 7. The van der Waals surface area contributed by atoms with Gasteiger partial charge in [-0.2, -0.15) is 0 Å². The third-order valence-electron chi connectivity index (χ3n) is 5.55. The molecule has 6 nitrogen and oxygen atoms in total. The topological polar surface area (TPSA) is 83.6 Å². The van der Waals surface area contributed by atoms with Crippen molar-refractivity contribution in [3.05, 3.63) is 94.0 Å². The molecule has 3 rings (SSSR count). The number of anilines is 2. The number of sulfonamides is 1. The van der Waals surface area contributed by atoms with Gasteiger partial charge in [-0.3, -0.25) is 13.9 Å². The molecule has 0 saturated heterocycles. The molecule has 0 aromatic heterocycles. The second-order valence-corrected chi connectivity index (χ2v) is 11.8. The number of halogens is 1. The highest BCUT2D eigenvalue weighted by Crippen LogP contribution is 2.26. The van der Waals surface area contributed by atoms with Crippen molar-refractivity contribution in [2.45, 2.75) is 33.1 Å². The lowest BCUT2D eigenvalue weighted by atomic mass is 9.86. The number of ketones is 1. The minimum absolute atomic E-state index is 0.0183. The molecule has 0 aliphatic rings. The van der Waals surface area contributed by atoms with Gasteiger partial charge in [-0.1, -0.05) is 74.8 Å². The molecule has 3 aromatic rings. The maximum atomic E-state index is 13.0. The largest absolute Gasteiger partial charge is 0.324 e. The van der Waals surface area contributed by atoms with Gasteiger partial charge in [0.15, 0.2) is 5.78 Å². The maximum absolute atomic E-state index is 13.0. The summed E-state index contributed by atoms with van der Waals surface area (Å²) in [6, 6.07) is 18.8. The van der Waals surface area contributed by atoms with Crippen molar-refractivity contribution in [2.75, 3.05) is 22.4 Å². The summed E-state index contributed by atoms with van der Waals surface area (Å²) in [5.74, 6) is -0.722. The van der Waals surface area contributed by atoms with E-state index in [9.17, 15) is 18.0 Å². The Morgan fingerprint density at radius 1 is 0.943 bits per heavy atom. The molecular weight excluding hydrogens is 484 g/mol. The Labute approximate surface area is 212 Å². The Balaban J connectivity index is 1.77. The standard InChI is InChI=1S/C27H29ClN2O4S/c1-18-9-14-23(16-24(18)28)30(35(5,33)34)17-25(31)29-22-8-6-7-20(15-22)26(32)19-10-12-21(13-11-19)27(2,3)4/h6-16H,17H2,1-5H3,(H,29,31). The molecule has 0 radical (unpaired) electrons. The minimum atomic E-state index is -3.75. The van der Waals surface area contributed by atoms with Crippen LogP contribution < -0.4 is 9.62 Å². The lowest BCUT2D eigenvalue weighted by molar-refractivity contribution is -0.114. The molecule has 0 fully saturated rings. The zero-order chi connectivity index (χ0) is 26.0. The van der Waals surface area contributed by atoms with Crippen molar-refractivity contribution >= 4 is 44.7 Å². The Hall–Kier alpha value is -3.16. The Kier molecular flexibility index (Phi) is 7.72. The first-order valence-corrected chi connectivity index (χ1v) is 13.3. The summed E-state index contributed by atoms with van der Waals surface area (Å²) in [6.45, 7) is 7.68. The number of aryl methyl sites for hydroxylation is 1. The van der Waals surface area contributed by atoms with E-state index in [1.54, 1.807) is 55.5 Å². The average molecular weight is 513 g/mol. The maximum Gasteiger partial charge on any atom is 0.245 e. The molecule has 184 valence electrons. The number of carbonyl (C=O) groups excluding carboxylic acids is 2. The molecule has 35 heavy (non-hydrogen) atoms. The van der Waals surface area contributed by atoms with Crippen LogP contribution in [0.1, 0.15) is 47.8 Å². The lowest BCUT2D eigenvalue weighted by Gasteiger charge is -2.22.